The van der Waals surface area contributed by atoms with E-state index in [-0.39, 0.29) is 6.04 Å². The summed E-state index contributed by atoms with van der Waals surface area (Å²) in [6.07, 6.45) is 2.49. The Kier molecular flexibility index (Phi) is 2.95. The summed E-state index contributed by atoms with van der Waals surface area (Å²) in [5.41, 5.74) is 6.52. The standard InChI is InChI=1S/C9H14N6O/c1-3-5(2)7(10)9-12-8(14-16-9)6-4-11-15-13-6/h4-5,7H,3,10H2,1-2H3,(H,11,13,15). The van der Waals surface area contributed by atoms with Crippen LogP contribution < -0.4 is 5.73 Å². The van der Waals surface area contributed by atoms with Gasteiger partial charge in [-0.1, -0.05) is 25.4 Å². The predicted molar refractivity (Wildman–Crippen MR) is 56.1 cm³/mol. The normalized spacial score (nSPS) is 14.9. The molecule has 3 N–H and O–H groups in total. The Balaban J connectivity index is 2.20. The largest absolute Gasteiger partial charge is 0.337 e. The third-order valence-electron chi connectivity index (χ3n) is 2.63. The first-order chi connectivity index (χ1) is 7.72. The van der Waals surface area contributed by atoms with Gasteiger partial charge in [0.05, 0.1) is 12.2 Å². The van der Waals surface area contributed by atoms with Crippen LogP contribution in [-0.2, 0) is 0 Å². The van der Waals surface area contributed by atoms with Crippen LogP contribution in [0.5, 0.6) is 0 Å². The van der Waals surface area contributed by atoms with Crippen molar-refractivity contribution in [1.82, 2.24) is 25.6 Å². The van der Waals surface area contributed by atoms with Gasteiger partial charge in [-0.05, 0) is 5.92 Å². The molecule has 0 bridgehead atoms. The molecule has 0 aliphatic heterocycles. The van der Waals surface area contributed by atoms with Gasteiger partial charge in [0.2, 0.25) is 11.7 Å². The highest BCUT2D eigenvalue weighted by molar-refractivity contribution is 5.44. The molecule has 0 radical (unpaired) electrons. The van der Waals surface area contributed by atoms with E-state index in [4.69, 9.17) is 10.3 Å². The van der Waals surface area contributed by atoms with Gasteiger partial charge in [-0.25, -0.2) is 0 Å². The first-order valence-electron chi connectivity index (χ1n) is 5.17. The second kappa shape index (κ2) is 4.40. The summed E-state index contributed by atoms with van der Waals surface area (Å²) < 4.78 is 5.11. The Labute approximate surface area is 92.4 Å². The van der Waals surface area contributed by atoms with Gasteiger partial charge < -0.3 is 10.3 Å². The molecule has 0 saturated carbocycles. The zero-order valence-corrected chi connectivity index (χ0v) is 9.21. The van der Waals surface area contributed by atoms with Crippen LogP contribution in [0.25, 0.3) is 11.5 Å². The van der Waals surface area contributed by atoms with Crippen LogP contribution >= 0.6 is 0 Å². The molecule has 7 heteroatoms. The van der Waals surface area contributed by atoms with Crippen molar-refractivity contribution in [2.45, 2.75) is 26.3 Å². The summed E-state index contributed by atoms with van der Waals surface area (Å²) in [5.74, 6) is 1.14. The molecule has 0 aromatic carbocycles. The molecule has 2 heterocycles. The van der Waals surface area contributed by atoms with Gasteiger partial charge in [-0.15, -0.1) is 0 Å². The average Bonchev–Trinajstić information content (AvgIpc) is 2.96. The molecule has 0 fully saturated rings. The van der Waals surface area contributed by atoms with Gasteiger partial charge in [0.25, 0.3) is 0 Å². The van der Waals surface area contributed by atoms with E-state index in [1.807, 2.05) is 6.92 Å². The summed E-state index contributed by atoms with van der Waals surface area (Å²) in [6.45, 7) is 4.12. The van der Waals surface area contributed by atoms with E-state index in [1.54, 1.807) is 0 Å². The van der Waals surface area contributed by atoms with Gasteiger partial charge in [-0.2, -0.15) is 20.4 Å². The number of nitrogens with zero attached hydrogens (tertiary/aromatic N) is 4. The Morgan fingerprint density at radius 1 is 1.56 bits per heavy atom. The van der Waals surface area contributed by atoms with Crippen LogP contribution in [0.2, 0.25) is 0 Å². The molecule has 0 amide bonds. The zero-order valence-electron chi connectivity index (χ0n) is 9.21. The number of H-pyrrole nitrogens is 1. The molecule has 2 unspecified atom stereocenters. The highest BCUT2D eigenvalue weighted by Gasteiger charge is 2.21. The fourth-order valence-electron chi connectivity index (χ4n) is 1.28. The summed E-state index contributed by atoms with van der Waals surface area (Å²) >= 11 is 0. The van der Waals surface area contributed by atoms with Crippen molar-refractivity contribution in [3.63, 3.8) is 0 Å². The average molecular weight is 222 g/mol. The highest BCUT2D eigenvalue weighted by atomic mass is 16.5. The van der Waals surface area contributed by atoms with Crippen molar-refractivity contribution in [1.29, 1.82) is 0 Å². The Morgan fingerprint density at radius 2 is 2.38 bits per heavy atom. The Bertz CT molecular complexity index is 437. The number of hydrogen-bond donors (Lipinski definition) is 2. The second-order valence-corrected chi connectivity index (χ2v) is 3.72. The number of hydrogen-bond acceptors (Lipinski definition) is 6. The summed E-state index contributed by atoms with van der Waals surface area (Å²) in [7, 11) is 0. The van der Waals surface area contributed by atoms with Crippen molar-refractivity contribution >= 4 is 0 Å². The molecule has 2 atom stereocenters. The lowest BCUT2D eigenvalue weighted by Gasteiger charge is -2.12. The van der Waals surface area contributed by atoms with Crippen molar-refractivity contribution < 1.29 is 4.52 Å². The summed E-state index contributed by atoms with van der Waals surface area (Å²) in [6, 6.07) is -0.238. The van der Waals surface area contributed by atoms with Crippen LogP contribution in [0.4, 0.5) is 0 Å². The van der Waals surface area contributed by atoms with E-state index >= 15 is 0 Å². The van der Waals surface area contributed by atoms with Gasteiger partial charge in [0.1, 0.15) is 0 Å². The van der Waals surface area contributed by atoms with Crippen molar-refractivity contribution in [2.24, 2.45) is 11.7 Å². The van der Waals surface area contributed by atoms with E-state index in [0.29, 0.717) is 23.3 Å². The number of nitrogens with two attached hydrogens (primary N) is 1. The molecule has 0 saturated heterocycles. The molecular weight excluding hydrogens is 208 g/mol. The summed E-state index contributed by atoms with van der Waals surface area (Å²) in [4.78, 5) is 4.20. The van der Waals surface area contributed by atoms with E-state index in [1.165, 1.54) is 6.20 Å². The molecule has 16 heavy (non-hydrogen) atoms. The topological polar surface area (TPSA) is 107 Å². The molecule has 2 aromatic heterocycles. The summed E-state index contributed by atoms with van der Waals surface area (Å²) in [5, 5.41) is 13.8. The number of nitrogens with one attached hydrogen (secondary N) is 1. The lowest BCUT2D eigenvalue weighted by Crippen LogP contribution is -2.18. The quantitative estimate of drug-likeness (QED) is 0.795. The number of aromatic nitrogens is 5. The third kappa shape index (κ3) is 1.94. The van der Waals surface area contributed by atoms with Crippen molar-refractivity contribution in [3.05, 3.63) is 12.1 Å². The fraction of sp³-hybridized carbons (Fsp3) is 0.556. The minimum Gasteiger partial charge on any atom is -0.337 e. The van der Waals surface area contributed by atoms with Crippen LogP contribution in [0.15, 0.2) is 10.7 Å². The maximum atomic E-state index is 5.98. The first-order valence-corrected chi connectivity index (χ1v) is 5.17. The minimum absolute atomic E-state index is 0.238. The minimum atomic E-state index is -0.238. The highest BCUT2D eigenvalue weighted by Crippen LogP contribution is 2.22. The molecule has 7 nitrogen and oxygen atoms in total. The predicted octanol–water partition coefficient (Wildman–Crippen LogP) is 0.901. The van der Waals surface area contributed by atoms with Crippen molar-refractivity contribution in [3.8, 4) is 11.5 Å². The lowest BCUT2D eigenvalue weighted by molar-refractivity contribution is 0.312. The van der Waals surface area contributed by atoms with Gasteiger partial charge in [-0.3, -0.25) is 0 Å². The molecule has 0 aliphatic carbocycles. The molecule has 2 aromatic rings. The Hall–Kier alpha value is -1.76. The van der Waals surface area contributed by atoms with E-state index in [2.05, 4.69) is 32.5 Å². The maximum absolute atomic E-state index is 5.98. The SMILES string of the molecule is CCC(C)C(N)c1nc(-c2cn[nH]n2)no1. The molecule has 0 aliphatic rings. The maximum Gasteiger partial charge on any atom is 0.244 e. The monoisotopic (exact) mass is 222 g/mol. The van der Waals surface area contributed by atoms with E-state index in [9.17, 15) is 0 Å². The fourth-order valence-corrected chi connectivity index (χ4v) is 1.28. The third-order valence-corrected chi connectivity index (χ3v) is 2.63. The number of rotatable bonds is 4. The van der Waals surface area contributed by atoms with Crippen molar-refractivity contribution in [2.75, 3.05) is 0 Å². The smallest absolute Gasteiger partial charge is 0.244 e. The molecular formula is C9H14N6O. The van der Waals surface area contributed by atoms with Gasteiger partial charge in [0, 0.05) is 0 Å². The van der Waals surface area contributed by atoms with E-state index in [0.717, 1.165) is 6.42 Å². The van der Waals surface area contributed by atoms with Gasteiger partial charge in [0.15, 0.2) is 5.69 Å². The zero-order chi connectivity index (χ0) is 11.5. The molecule has 2 rings (SSSR count). The van der Waals surface area contributed by atoms with Crippen LogP contribution in [0.3, 0.4) is 0 Å². The van der Waals surface area contributed by atoms with Crippen LogP contribution in [0, 0.1) is 5.92 Å². The number of aromatic amines is 1. The van der Waals surface area contributed by atoms with E-state index < -0.39 is 0 Å². The Morgan fingerprint density at radius 3 is 3.00 bits per heavy atom. The molecule has 86 valence electrons. The van der Waals surface area contributed by atoms with Crippen LogP contribution in [0.1, 0.15) is 32.2 Å². The molecule has 0 spiro atoms. The lowest BCUT2D eigenvalue weighted by atomic mass is 10.0. The van der Waals surface area contributed by atoms with Crippen LogP contribution in [-0.4, -0.2) is 25.6 Å². The first kappa shape index (κ1) is 10.7. The second-order valence-electron chi connectivity index (χ2n) is 3.72. The van der Waals surface area contributed by atoms with Gasteiger partial charge >= 0.3 is 0 Å².